The molecule has 0 radical (unpaired) electrons. The number of nitriles is 1. The number of nitrogens with zero attached hydrogens (tertiary/aromatic N) is 1. The molecule has 2 saturated carbocycles. The molecular weight excluding hydrogens is 196 g/mol. The van der Waals surface area contributed by atoms with Crippen LogP contribution in [-0.2, 0) is 0 Å². The molecule has 2 aliphatic rings. The summed E-state index contributed by atoms with van der Waals surface area (Å²) in [6.07, 6.45) is 7.31. The van der Waals surface area contributed by atoms with Gasteiger partial charge in [0.2, 0.25) is 0 Å². The fourth-order valence-electron chi connectivity index (χ4n) is 3.08. The smallest absolute Gasteiger partial charge is 0.0628 e. The molecule has 0 aromatic carbocycles. The van der Waals surface area contributed by atoms with Crippen molar-refractivity contribution in [1.29, 1.82) is 5.26 Å². The van der Waals surface area contributed by atoms with Gasteiger partial charge in [-0.25, -0.2) is 0 Å². The van der Waals surface area contributed by atoms with Gasteiger partial charge in [0.15, 0.2) is 0 Å². The average Bonchev–Trinajstić information content (AvgIpc) is 2.98. The number of hydrogen-bond donors (Lipinski definition) is 1. The maximum absolute atomic E-state index is 8.79. The van der Waals surface area contributed by atoms with Gasteiger partial charge in [-0.3, -0.25) is 0 Å². The summed E-state index contributed by atoms with van der Waals surface area (Å²) in [4.78, 5) is 0. The third-order valence-corrected chi connectivity index (χ3v) is 4.58. The highest BCUT2D eigenvalue weighted by atomic mass is 14.9. The quantitative estimate of drug-likeness (QED) is 0.790. The van der Waals surface area contributed by atoms with Crippen LogP contribution in [0.1, 0.15) is 52.4 Å². The highest BCUT2D eigenvalue weighted by Crippen LogP contribution is 2.48. The van der Waals surface area contributed by atoms with Crippen molar-refractivity contribution in [2.75, 3.05) is 6.54 Å². The predicted octanol–water partition coefficient (Wildman–Crippen LogP) is 3.09. The van der Waals surface area contributed by atoms with E-state index in [2.05, 4.69) is 25.2 Å². The maximum Gasteiger partial charge on any atom is 0.0628 e. The Morgan fingerprint density at radius 2 is 2.06 bits per heavy atom. The minimum Gasteiger partial charge on any atom is -0.313 e. The van der Waals surface area contributed by atoms with Crippen molar-refractivity contribution < 1.29 is 0 Å². The van der Waals surface area contributed by atoms with Crippen LogP contribution in [0.25, 0.3) is 0 Å². The molecule has 0 aromatic rings. The monoisotopic (exact) mass is 220 g/mol. The van der Waals surface area contributed by atoms with E-state index in [1.54, 1.807) is 0 Å². The van der Waals surface area contributed by atoms with Gasteiger partial charge in [0, 0.05) is 19.0 Å². The molecule has 1 N–H and O–H groups in total. The van der Waals surface area contributed by atoms with E-state index in [1.165, 1.54) is 32.1 Å². The fourth-order valence-corrected chi connectivity index (χ4v) is 3.08. The van der Waals surface area contributed by atoms with Gasteiger partial charge in [0.25, 0.3) is 0 Å². The fraction of sp³-hybridized carbons (Fsp3) is 0.929. The molecule has 0 heterocycles. The molecule has 0 bridgehead atoms. The lowest BCUT2D eigenvalue weighted by Gasteiger charge is -2.34. The normalized spacial score (nSPS) is 36.7. The van der Waals surface area contributed by atoms with Crippen molar-refractivity contribution in [2.24, 2.45) is 17.3 Å². The van der Waals surface area contributed by atoms with Crippen LogP contribution in [0.4, 0.5) is 0 Å². The Morgan fingerprint density at radius 1 is 1.31 bits per heavy atom. The van der Waals surface area contributed by atoms with E-state index in [1.807, 2.05) is 0 Å². The van der Waals surface area contributed by atoms with E-state index in [9.17, 15) is 0 Å². The highest BCUT2D eigenvalue weighted by Gasteiger charge is 2.42. The summed E-state index contributed by atoms with van der Waals surface area (Å²) in [6.45, 7) is 5.81. The molecule has 0 spiro atoms. The van der Waals surface area contributed by atoms with Crippen LogP contribution in [0.2, 0.25) is 0 Å². The first kappa shape index (κ1) is 11.9. The lowest BCUT2D eigenvalue weighted by atomic mass is 9.79. The van der Waals surface area contributed by atoms with E-state index in [-0.39, 0.29) is 0 Å². The summed E-state index contributed by atoms with van der Waals surface area (Å²) in [7, 11) is 0. The molecule has 2 fully saturated rings. The van der Waals surface area contributed by atoms with E-state index in [4.69, 9.17) is 5.26 Å². The lowest BCUT2D eigenvalue weighted by Crippen LogP contribution is -2.41. The standard InChI is InChI=1S/C14H24N2/c1-11-3-4-13(12(2)9-11)16-10-14(5-6-14)7-8-15/h11-13,16H,3-7,9-10H2,1-2H3. The second kappa shape index (κ2) is 4.75. The molecule has 0 aromatic heterocycles. The number of rotatable bonds is 4. The second-order valence-electron chi connectivity index (χ2n) is 6.22. The summed E-state index contributed by atoms with van der Waals surface area (Å²) in [5.74, 6) is 1.71. The first-order chi connectivity index (χ1) is 7.65. The van der Waals surface area contributed by atoms with Crippen molar-refractivity contribution in [3.05, 3.63) is 0 Å². The van der Waals surface area contributed by atoms with Crippen molar-refractivity contribution in [1.82, 2.24) is 5.32 Å². The van der Waals surface area contributed by atoms with Crippen LogP contribution < -0.4 is 5.32 Å². The van der Waals surface area contributed by atoms with Gasteiger partial charge in [-0.1, -0.05) is 13.8 Å². The Hall–Kier alpha value is -0.550. The molecule has 2 nitrogen and oxygen atoms in total. The van der Waals surface area contributed by atoms with Gasteiger partial charge in [-0.05, 0) is 49.4 Å². The molecule has 3 atom stereocenters. The van der Waals surface area contributed by atoms with E-state index >= 15 is 0 Å². The Kier molecular flexibility index (Phi) is 3.54. The van der Waals surface area contributed by atoms with Gasteiger partial charge >= 0.3 is 0 Å². The molecule has 90 valence electrons. The Morgan fingerprint density at radius 3 is 2.62 bits per heavy atom. The molecule has 3 unspecified atom stereocenters. The van der Waals surface area contributed by atoms with Gasteiger partial charge in [-0.2, -0.15) is 5.26 Å². The predicted molar refractivity (Wildman–Crippen MR) is 65.9 cm³/mol. The lowest BCUT2D eigenvalue weighted by molar-refractivity contribution is 0.219. The third-order valence-electron chi connectivity index (χ3n) is 4.58. The van der Waals surface area contributed by atoms with Gasteiger partial charge in [-0.15, -0.1) is 0 Å². The van der Waals surface area contributed by atoms with Crippen LogP contribution in [-0.4, -0.2) is 12.6 Å². The van der Waals surface area contributed by atoms with Gasteiger partial charge in [0.1, 0.15) is 0 Å². The summed E-state index contributed by atoms with van der Waals surface area (Å²) in [5.41, 5.74) is 0.359. The molecule has 0 aliphatic heterocycles. The zero-order valence-electron chi connectivity index (χ0n) is 10.6. The Balaban J connectivity index is 1.76. The van der Waals surface area contributed by atoms with E-state index in [0.717, 1.165) is 24.8 Å². The van der Waals surface area contributed by atoms with Crippen molar-refractivity contribution >= 4 is 0 Å². The first-order valence-electron chi connectivity index (χ1n) is 6.75. The molecule has 0 amide bonds. The molecule has 2 aliphatic carbocycles. The van der Waals surface area contributed by atoms with Gasteiger partial charge < -0.3 is 5.32 Å². The SMILES string of the molecule is CC1CCC(NCC2(CC#N)CC2)C(C)C1. The second-order valence-corrected chi connectivity index (χ2v) is 6.22. The minimum absolute atomic E-state index is 0.359. The van der Waals surface area contributed by atoms with Crippen LogP contribution in [0.5, 0.6) is 0 Å². The van der Waals surface area contributed by atoms with Crippen LogP contribution in [0.3, 0.4) is 0 Å². The Labute approximate surface area is 99.4 Å². The summed E-state index contributed by atoms with van der Waals surface area (Å²) < 4.78 is 0. The van der Waals surface area contributed by atoms with Crippen LogP contribution >= 0.6 is 0 Å². The average molecular weight is 220 g/mol. The molecule has 16 heavy (non-hydrogen) atoms. The summed E-state index contributed by atoms with van der Waals surface area (Å²) >= 11 is 0. The minimum atomic E-state index is 0.359. The molecule has 2 heteroatoms. The number of nitrogens with one attached hydrogen (secondary N) is 1. The third kappa shape index (κ3) is 2.77. The molecule has 2 rings (SSSR count). The van der Waals surface area contributed by atoms with Crippen molar-refractivity contribution in [3.63, 3.8) is 0 Å². The summed E-state index contributed by atoms with van der Waals surface area (Å²) in [6, 6.07) is 3.04. The van der Waals surface area contributed by atoms with E-state index in [0.29, 0.717) is 11.5 Å². The van der Waals surface area contributed by atoms with Crippen molar-refractivity contribution in [2.45, 2.75) is 58.4 Å². The topological polar surface area (TPSA) is 35.8 Å². The van der Waals surface area contributed by atoms with Crippen LogP contribution in [0, 0.1) is 28.6 Å². The Bertz CT molecular complexity index is 275. The molecule has 0 saturated heterocycles. The molecular formula is C14H24N2. The first-order valence-corrected chi connectivity index (χ1v) is 6.75. The van der Waals surface area contributed by atoms with E-state index < -0.39 is 0 Å². The largest absolute Gasteiger partial charge is 0.313 e. The number of hydrogen-bond acceptors (Lipinski definition) is 2. The highest BCUT2D eigenvalue weighted by molar-refractivity contribution is 5.01. The zero-order chi connectivity index (χ0) is 11.6. The zero-order valence-corrected chi connectivity index (χ0v) is 10.6. The summed E-state index contributed by atoms with van der Waals surface area (Å²) in [5, 5.41) is 12.5. The maximum atomic E-state index is 8.79. The van der Waals surface area contributed by atoms with Crippen LogP contribution in [0.15, 0.2) is 0 Å². The van der Waals surface area contributed by atoms with Crippen molar-refractivity contribution in [3.8, 4) is 6.07 Å². The van der Waals surface area contributed by atoms with Gasteiger partial charge in [0.05, 0.1) is 6.07 Å².